The molecule has 124 valence electrons. The fourth-order valence-electron chi connectivity index (χ4n) is 2.74. The van der Waals surface area contributed by atoms with Crippen LogP contribution in [0.5, 0.6) is 11.5 Å². The summed E-state index contributed by atoms with van der Waals surface area (Å²) in [5, 5.41) is 2.81. The van der Waals surface area contributed by atoms with Crippen molar-refractivity contribution in [3.63, 3.8) is 0 Å². The average Bonchev–Trinajstić information content (AvgIpc) is 3.28. The lowest BCUT2D eigenvalue weighted by Crippen LogP contribution is -2.39. The number of benzene rings is 1. The maximum absolute atomic E-state index is 12.2. The molecule has 0 radical (unpaired) electrons. The third-order valence-corrected chi connectivity index (χ3v) is 4.28. The second-order valence-corrected chi connectivity index (χ2v) is 6.08. The van der Waals surface area contributed by atoms with Gasteiger partial charge in [-0.15, -0.1) is 0 Å². The number of anilines is 1. The molecular weight excluding hydrogens is 296 g/mol. The van der Waals surface area contributed by atoms with Crippen molar-refractivity contribution < 1.29 is 19.1 Å². The Morgan fingerprint density at radius 3 is 2.61 bits per heavy atom. The van der Waals surface area contributed by atoms with E-state index < -0.39 is 0 Å². The minimum atomic E-state index is -0.204. The average molecular weight is 318 g/mol. The highest BCUT2D eigenvalue weighted by Gasteiger charge is 2.41. The molecule has 1 aromatic carbocycles. The normalized spacial score (nSPS) is 21.5. The van der Waals surface area contributed by atoms with E-state index in [0.717, 1.165) is 6.42 Å². The van der Waals surface area contributed by atoms with Crippen molar-refractivity contribution in [3.8, 4) is 11.5 Å². The Labute approximate surface area is 135 Å². The van der Waals surface area contributed by atoms with Crippen molar-refractivity contribution in [2.45, 2.75) is 20.3 Å². The molecule has 0 bridgehead atoms. The zero-order valence-corrected chi connectivity index (χ0v) is 13.5. The van der Waals surface area contributed by atoms with Gasteiger partial charge in [0.05, 0.1) is 6.54 Å². The van der Waals surface area contributed by atoms with Gasteiger partial charge in [-0.2, -0.15) is 0 Å². The second-order valence-electron chi connectivity index (χ2n) is 6.08. The lowest BCUT2D eigenvalue weighted by molar-refractivity contribution is -0.135. The summed E-state index contributed by atoms with van der Waals surface area (Å²) >= 11 is 0. The van der Waals surface area contributed by atoms with E-state index in [2.05, 4.69) is 12.2 Å². The van der Waals surface area contributed by atoms with Gasteiger partial charge in [0, 0.05) is 24.2 Å². The van der Waals surface area contributed by atoms with Gasteiger partial charge in [-0.1, -0.05) is 6.92 Å². The maximum Gasteiger partial charge on any atom is 0.243 e. The summed E-state index contributed by atoms with van der Waals surface area (Å²) in [6.45, 7) is 5.60. The van der Waals surface area contributed by atoms with Gasteiger partial charge in [0.1, 0.15) is 13.2 Å². The summed E-state index contributed by atoms with van der Waals surface area (Å²) in [7, 11) is 0. The van der Waals surface area contributed by atoms with Crippen molar-refractivity contribution >= 4 is 17.5 Å². The van der Waals surface area contributed by atoms with Crippen LogP contribution in [0.2, 0.25) is 0 Å². The van der Waals surface area contributed by atoms with Crippen molar-refractivity contribution in [1.82, 2.24) is 4.90 Å². The number of hydrogen-bond donors (Lipinski definition) is 1. The lowest BCUT2D eigenvalue weighted by Gasteiger charge is -2.21. The zero-order valence-electron chi connectivity index (χ0n) is 13.5. The van der Waals surface area contributed by atoms with Gasteiger partial charge in [0.2, 0.25) is 11.8 Å². The van der Waals surface area contributed by atoms with Gasteiger partial charge >= 0.3 is 0 Å². The first-order valence-electron chi connectivity index (χ1n) is 8.06. The molecule has 3 rings (SSSR count). The first-order valence-corrected chi connectivity index (χ1v) is 8.06. The van der Waals surface area contributed by atoms with Gasteiger partial charge < -0.3 is 19.7 Å². The molecule has 1 aliphatic heterocycles. The Hall–Kier alpha value is -2.24. The molecule has 1 aliphatic carbocycles. The predicted molar refractivity (Wildman–Crippen MR) is 85.6 cm³/mol. The number of likely N-dealkylation sites (N-methyl/N-ethyl adjacent to an activating group) is 1. The van der Waals surface area contributed by atoms with Crippen molar-refractivity contribution in [2.75, 3.05) is 31.6 Å². The Morgan fingerprint density at radius 2 is 1.96 bits per heavy atom. The van der Waals surface area contributed by atoms with Crippen LogP contribution in [0.4, 0.5) is 5.69 Å². The Kier molecular flexibility index (Phi) is 4.41. The molecule has 2 unspecified atom stereocenters. The lowest BCUT2D eigenvalue weighted by atomic mass is 10.2. The molecule has 1 N–H and O–H groups in total. The highest BCUT2D eigenvalue weighted by atomic mass is 16.6. The minimum Gasteiger partial charge on any atom is -0.486 e. The third-order valence-electron chi connectivity index (χ3n) is 4.28. The molecule has 2 amide bonds. The molecule has 1 saturated carbocycles. The largest absolute Gasteiger partial charge is 0.486 e. The van der Waals surface area contributed by atoms with Gasteiger partial charge in [-0.05, 0) is 31.4 Å². The summed E-state index contributed by atoms with van der Waals surface area (Å²) in [5.74, 6) is 1.73. The molecule has 6 heteroatoms. The molecule has 1 heterocycles. The van der Waals surface area contributed by atoms with Gasteiger partial charge in [0.25, 0.3) is 0 Å². The number of nitrogens with one attached hydrogen (secondary N) is 1. The number of carbonyl (C=O) groups excluding carboxylic acids is 2. The highest BCUT2D eigenvalue weighted by molar-refractivity contribution is 5.95. The van der Waals surface area contributed by atoms with Crippen molar-refractivity contribution in [1.29, 1.82) is 0 Å². The van der Waals surface area contributed by atoms with Crippen LogP contribution in [0, 0.1) is 11.8 Å². The van der Waals surface area contributed by atoms with Crippen LogP contribution in [0.1, 0.15) is 20.3 Å². The predicted octanol–water partition coefficient (Wildman–Crippen LogP) is 1.90. The molecule has 1 aromatic rings. The van der Waals surface area contributed by atoms with E-state index in [1.54, 1.807) is 23.1 Å². The number of ether oxygens (including phenoxy) is 2. The van der Waals surface area contributed by atoms with Gasteiger partial charge in [0.15, 0.2) is 11.5 Å². The Morgan fingerprint density at radius 1 is 1.26 bits per heavy atom. The van der Waals surface area contributed by atoms with Crippen molar-refractivity contribution in [3.05, 3.63) is 18.2 Å². The zero-order chi connectivity index (χ0) is 16.4. The molecule has 23 heavy (non-hydrogen) atoms. The van der Waals surface area contributed by atoms with Crippen molar-refractivity contribution in [2.24, 2.45) is 11.8 Å². The van der Waals surface area contributed by atoms with Crippen LogP contribution in [0.15, 0.2) is 18.2 Å². The topological polar surface area (TPSA) is 67.9 Å². The molecule has 6 nitrogen and oxygen atoms in total. The van der Waals surface area contributed by atoms with E-state index >= 15 is 0 Å². The summed E-state index contributed by atoms with van der Waals surface area (Å²) in [4.78, 5) is 26.1. The van der Waals surface area contributed by atoms with Gasteiger partial charge in [-0.3, -0.25) is 9.59 Å². The fraction of sp³-hybridized carbons (Fsp3) is 0.529. The Bertz CT molecular complexity index is 617. The molecule has 2 aliphatic rings. The van der Waals surface area contributed by atoms with E-state index in [1.165, 1.54) is 0 Å². The fourth-order valence-corrected chi connectivity index (χ4v) is 2.74. The van der Waals surface area contributed by atoms with Gasteiger partial charge in [-0.25, -0.2) is 0 Å². The summed E-state index contributed by atoms with van der Waals surface area (Å²) in [6, 6.07) is 5.29. The van der Waals surface area contributed by atoms with E-state index in [9.17, 15) is 9.59 Å². The summed E-state index contributed by atoms with van der Waals surface area (Å²) < 4.78 is 10.9. The number of nitrogens with zero attached hydrogens (tertiary/aromatic N) is 1. The van der Waals surface area contributed by atoms with E-state index in [4.69, 9.17) is 9.47 Å². The standard InChI is InChI=1S/C17H22N2O4/c1-3-19(17(21)13-8-11(13)2)10-16(20)18-12-4-5-14-15(9-12)23-7-6-22-14/h4-5,9,11,13H,3,6-8,10H2,1-2H3,(H,18,20). The third kappa shape index (κ3) is 3.57. The second kappa shape index (κ2) is 6.48. The minimum absolute atomic E-state index is 0.0764. The molecule has 1 fully saturated rings. The smallest absolute Gasteiger partial charge is 0.243 e. The molecular formula is C17H22N2O4. The molecule has 0 spiro atoms. The summed E-state index contributed by atoms with van der Waals surface area (Å²) in [6.07, 6.45) is 0.930. The van der Waals surface area contributed by atoms with Crippen LogP contribution in [-0.2, 0) is 9.59 Å². The first-order chi connectivity index (χ1) is 11.1. The monoisotopic (exact) mass is 318 g/mol. The first kappa shape index (κ1) is 15.6. The van der Waals surface area contributed by atoms with Crippen LogP contribution in [0.3, 0.4) is 0 Å². The number of amides is 2. The number of fused-ring (bicyclic) bond motifs is 1. The maximum atomic E-state index is 12.2. The van der Waals surface area contributed by atoms with Crippen LogP contribution < -0.4 is 14.8 Å². The molecule has 0 aromatic heterocycles. The van der Waals surface area contributed by atoms with E-state index in [-0.39, 0.29) is 24.3 Å². The highest BCUT2D eigenvalue weighted by Crippen LogP contribution is 2.39. The number of rotatable bonds is 5. The quantitative estimate of drug-likeness (QED) is 0.900. The van der Waals surface area contributed by atoms with E-state index in [1.807, 2.05) is 6.92 Å². The molecule has 0 saturated heterocycles. The van der Waals surface area contributed by atoms with Crippen LogP contribution >= 0.6 is 0 Å². The van der Waals surface area contributed by atoms with Crippen LogP contribution in [-0.4, -0.2) is 43.0 Å². The number of hydrogen-bond acceptors (Lipinski definition) is 4. The SMILES string of the molecule is CCN(CC(=O)Nc1ccc2c(c1)OCCO2)C(=O)C1CC1C. The van der Waals surface area contributed by atoms with E-state index in [0.29, 0.717) is 42.9 Å². The Balaban J connectivity index is 1.59. The van der Waals surface area contributed by atoms with Crippen LogP contribution in [0.25, 0.3) is 0 Å². The number of carbonyl (C=O) groups is 2. The summed E-state index contributed by atoms with van der Waals surface area (Å²) in [5.41, 5.74) is 0.641. The molecule has 2 atom stereocenters.